The van der Waals surface area contributed by atoms with Crippen LogP contribution in [0.25, 0.3) is 110 Å². The Hall–Kier alpha value is -8.46. The van der Waals surface area contributed by atoms with Crippen LogP contribution >= 0.6 is 0 Å². The number of rotatable bonds is 4. The summed E-state index contributed by atoms with van der Waals surface area (Å²) in [5, 5.41) is 10.1. The third-order valence-electron chi connectivity index (χ3n) is 14.3. The van der Waals surface area contributed by atoms with Crippen molar-refractivity contribution in [3.63, 3.8) is 0 Å². The van der Waals surface area contributed by atoms with Gasteiger partial charge in [0.1, 0.15) is 0 Å². The normalized spacial score (nSPS) is 13.0. The molecule has 0 amide bonds. The van der Waals surface area contributed by atoms with Crippen LogP contribution in [-0.2, 0) is 5.41 Å². The zero-order valence-electron chi connectivity index (χ0n) is 35.3. The summed E-state index contributed by atoms with van der Waals surface area (Å²) in [6, 6.07) is 84.6. The second-order valence-electron chi connectivity index (χ2n) is 17.5. The fourth-order valence-corrected chi connectivity index (χ4v) is 11.6. The summed E-state index contributed by atoms with van der Waals surface area (Å²) < 4.78 is 0. The molecule has 2 nitrogen and oxygen atoms in total. The second kappa shape index (κ2) is 13.8. The van der Waals surface area contributed by atoms with Crippen LogP contribution in [0.15, 0.2) is 231 Å². The predicted molar refractivity (Wildman–Crippen MR) is 270 cm³/mol. The zero-order valence-corrected chi connectivity index (χ0v) is 35.3. The summed E-state index contributed by atoms with van der Waals surface area (Å²) in [6.07, 6.45) is 0. The van der Waals surface area contributed by atoms with E-state index in [4.69, 9.17) is 9.97 Å². The first-order valence-corrected chi connectivity index (χ1v) is 22.5. The van der Waals surface area contributed by atoms with Gasteiger partial charge in [-0.2, -0.15) is 0 Å². The van der Waals surface area contributed by atoms with Crippen LogP contribution in [0.2, 0.25) is 0 Å². The Morgan fingerprint density at radius 3 is 1.51 bits per heavy atom. The van der Waals surface area contributed by atoms with Crippen molar-refractivity contribution in [2.24, 2.45) is 0 Å². The number of aromatic nitrogens is 2. The Balaban J connectivity index is 1.02. The molecule has 0 N–H and O–H groups in total. The minimum absolute atomic E-state index is 0.519. The molecular formula is C63H38N2. The van der Waals surface area contributed by atoms with E-state index >= 15 is 0 Å². The average Bonchev–Trinajstić information content (AvgIpc) is 3.86. The minimum Gasteiger partial charge on any atom is -0.228 e. The lowest BCUT2D eigenvalue weighted by molar-refractivity contribution is 0.809. The first-order chi connectivity index (χ1) is 32.3. The Bertz CT molecular complexity index is 3890. The number of hydrogen-bond donors (Lipinski definition) is 0. The molecule has 65 heavy (non-hydrogen) atoms. The van der Waals surface area contributed by atoms with Crippen LogP contribution in [0.4, 0.5) is 0 Å². The van der Waals surface area contributed by atoms with Crippen molar-refractivity contribution < 1.29 is 0 Å². The summed E-state index contributed by atoms with van der Waals surface area (Å²) in [7, 11) is 0. The molecule has 2 aliphatic carbocycles. The number of fused-ring (bicyclic) bond motifs is 18. The fraction of sp³-hybridized carbons (Fsp3) is 0.0159. The molecule has 0 aliphatic heterocycles. The molecule has 2 heteroatoms. The lowest BCUT2D eigenvalue weighted by Gasteiger charge is -2.33. The van der Waals surface area contributed by atoms with Crippen LogP contribution in [-0.4, -0.2) is 9.97 Å². The molecule has 1 heterocycles. The first-order valence-electron chi connectivity index (χ1n) is 22.5. The van der Waals surface area contributed by atoms with Crippen molar-refractivity contribution in [1.82, 2.24) is 9.97 Å². The molecule has 0 fully saturated rings. The van der Waals surface area contributed by atoms with Gasteiger partial charge in [-0.25, -0.2) is 9.97 Å². The van der Waals surface area contributed by atoms with E-state index in [1.165, 1.54) is 98.7 Å². The fourth-order valence-electron chi connectivity index (χ4n) is 11.6. The largest absolute Gasteiger partial charge is 0.228 e. The first kappa shape index (κ1) is 36.1. The number of nitrogens with zero attached hydrogens (tertiary/aromatic N) is 2. The van der Waals surface area contributed by atoms with Gasteiger partial charge in [-0.15, -0.1) is 0 Å². The van der Waals surface area contributed by atoms with Crippen LogP contribution < -0.4 is 0 Å². The molecule has 1 spiro atoms. The van der Waals surface area contributed by atoms with Gasteiger partial charge >= 0.3 is 0 Å². The van der Waals surface area contributed by atoms with E-state index in [2.05, 4.69) is 224 Å². The SMILES string of the molecule is c1ccc(-c2nc(-c3ccc(-c4cc5c(c6ccccc46)C4(c6ccccc6-c6ccccc64)c4c-5c5ccccc5c5ccccc45)cc3)cc(-c3cccc4ccccc34)n2)cc1. The lowest BCUT2D eigenvalue weighted by atomic mass is 9.68. The van der Waals surface area contributed by atoms with Crippen LogP contribution in [0.3, 0.4) is 0 Å². The maximum atomic E-state index is 5.22. The van der Waals surface area contributed by atoms with Gasteiger partial charge < -0.3 is 0 Å². The highest BCUT2D eigenvalue weighted by Gasteiger charge is 2.54. The van der Waals surface area contributed by atoms with E-state index in [0.29, 0.717) is 5.82 Å². The van der Waals surface area contributed by atoms with Crippen molar-refractivity contribution in [2.75, 3.05) is 0 Å². The van der Waals surface area contributed by atoms with Crippen LogP contribution in [0.1, 0.15) is 22.3 Å². The quantitative estimate of drug-likeness (QED) is 0.165. The highest BCUT2D eigenvalue weighted by atomic mass is 14.9. The van der Waals surface area contributed by atoms with Gasteiger partial charge in [0.25, 0.3) is 0 Å². The van der Waals surface area contributed by atoms with Crippen molar-refractivity contribution in [1.29, 1.82) is 0 Å². The van der Waals surface area contributed by atoms with Crippen LogP contribution in [0.5, 0.6) is 0 Å². The molecular weight excluding hydrogens is 785 g/mol. The molecule has 0 saturated heterocycles. The van der Waals surface area contributed by atoms with Gasteiger partial charge in [0.05, 0.1) is 16.8 Å². The summed E-state index contributed by atoms with van der Waals surface area (Å²) >= 11 is 0. The molecule has 11 aromatic carbocycles. The molecule has 0 saturated carbocycles. The van der Waals surface area contributed by atoms with E-state index in [1.54, 1.807) is 0 Å². The van der Waals surface area contributed by atoms with E-state index in [9.17, 15) is 0 Å². The van der Waals surface area contributed by atoms with Gasteiger partial charge in [0, 0.05) is 16.7 Å². The van der Waals surface area contributed by atoms with Crippen molar-refractivity contribution in [2.45, 2.75) is 5.41 Å². The van der Waals surface area contributed by atoms with Gasteiger partial charge in [-0.1, -0.05) is 218 Å². The second-order valence-corrected chi connectivity index (χ2v) is 17.5. The molecule has 0 unspecified atom stereocenters. The summed E-state index contributed by atoms with van der Waals surface area (Å²) in [5.74, 6) is 0.710. The van der Waals surface area contributed by atoms with Gasteiger partial charge in [-0.05, 0) is 111 Å². The molecule has 2 aliphatic rings. The predicted octanol–water partition coefficient (Wildman–Crippen LogP) is 16.1. The number of benzene rings is 11. The Labute approximate surface area is 376 Å². The third kappa shape index (κ3) is 5.05. The Morgan fingerprint density at radius 2 is 0.785 bits per heavy atom. The van der Waals surface area contributed by atoms with Gasteiger partial charge in [0.15, 0.2) is 5.82 Å². The van der Waals surface area contributed by atoms with Crippen molar-refractivity contribution in [3.05, 3.63) is 253 Å². The molecule has 300 valence electrons. The maximum Gasteiger partial charge on any atom is 0.160 e. The highest BCUT2D eigenvalue weighted by molar-refractivity contribution is 6.22. The molecule has 0 atom stereocenters. The summed E-state index contributed by atoms with van der Waals surface area (Å²) in [5.41, 5.74) is 17.5. The Kier molecular flexibility index (Phi) is 7.64. The highest BCUT2D eigenvalue weighted by Crippen LogP contribution is 2.67. The minimum atomic E-state index is -0.519. The smallest absolute Gasteiger partial charge is 0.160 e. The molecule has 0 radical (unpaired) electrons. The summed E-state index contributed by atoms with van der Waals surface area (Å²) in [6.45, 7) is 0. The van der Waals surface area contributed by atoms with E-state index in [0.717, 1.165) is 28.1 Å². The van der Waals surface area contributed by atoms with Crippen molar-refractivity contribution >= 4 is 43.1 Å². The molecule has 0 bridgehead atoms. The van der Waals surface area contributed by atoms with Gasteiger partial charge in [-0.3, -0.25) is 0 Å². The molecule has 14 rings (SSSR count). The van der Waals surface area contributed by atoms with Crippen molar-refractivity contribution in [3.8, 4) is 67.3 Å². The zero-order chi connectivity index (χ0) is 42.6. The lowest BCUT2D eigenvalue weighted by Crippen LogP contribution is -2.26. The maximum absolute atomic E-state index is 5.22. The monoisotopic (exact) mass is 822 g/mol. The summed E-state index contributed by atoms with van der Waals surface area (Å²) in [4.78, 5) is 10.4. The average molecular weight is 823 g/mol. The number of hydrogen-bond acceptors (Lipinski definition) is 2. The Morgan fingerprint density at radius 1 is 0.277 bits per heavy atom. The van der Waals surface area contributed by atoms with E-state index in [-0.39, 0.29) is 0 Å². The van der Waals surface area contributed by atoms with E-state index in [1.807, 2.05) is 6.07 Å². The standard InChI is InChI=1S/C63H38N2/c1-2-18-42(19-3-1)62-64-57(38-58(65-62)49-30-16-20-39-17-4-5-21-43(39)49)41-35-33-40(34-36-41)53-37-54-59-50-27-9-6-22-44(50)45-23-7-11-29-52(45)61(59)63(60(54)51-28-10-8-24-46(51)53)55-31-14-12-25-47(55)48-26-13-15-32-56(48)63/h1-38H. The molecule has 12 aromatic rings. The van der Waals surface area contributed by atoms with Gasteiger partial charge in [0.2, 0.25) is 0 Å². The third-order valence-corrected chi connectivity index (χ3v) is 14.3. The van der Waals surface area contributed by atoms with Crippen LogP contribution in [0, 0.1) is 0 Å². The molecule has 1 aromatic heterocycles. The topological polar surface area (TPSA) is 25.8 Å². The van der Waals surface area contributed by atoms with E-state index < -0.39 is 5.41 Å².